The van der Waals surface area contributed by atoms with E-state index in [1.54, 1.807) is 0 Å². The van der Waals surface area contributed by atoms with Gasteiger partial charge in [0.25, 0.3) is 0 Å². The molecule has 0 aliphatic carbocycles. The number of hydrogen-bond donors (Lipinski definition) is 1. The molecule has 114 valence electrons. The van der Waals surface area contributed by atoms with Crippen LogP contribution in [-0.4, -0.2) is 30.6 Å². The number of nitriles is 1. The van der Waals surface area contributed by atoms with Crippen molar-refractivity contribution in [3.63, 3.8) is 0 Å². The van der Waals surface area contributed by atoms with Gasteiger partial charge < -0.3 is 10.2 Å². The molecule has 21 heavy (non-hydrogen) atoms. The van der Waals surface area contributed by atoms with Gasteiger partial charge in [0.1, 0.15) is 0 Å². The number of piperidine rings is 1. The zero-order chi connectivity index (χ0) is 15.1. The molecule has 0 radical (unpaired) electrons. The van der Waals surface area contributed by atoms with Crippen LogP contribution in [0.4, 0.5) is 0 Å². The number of nitrogens with zero attached hydrogens (tertiary/aromatic N) is 2. The van der Waals surface area contributed by atoms with Crippen molar-refractivity contribution in [1.82, 2.24) is 10.2 Å². The lowest BCUT2D eigenvalue weighted by molar-refractivity contribution is 0.150. The Balaban J connectivity index is 1.80. The van der Waals surface area contributed by atoms with Gasteiger partial charge in [0.05, 0.1) is 11.6 Å². The average Bonchev–Trinajstić information content (AvgIpc) is 2.53. The van der Waals surface area contributed by atoms with Crippen molar-refractivity contribution in [2.45, 2.75) is 45.7 Å². The Labute approximate surface area is 129 Å². The van der Waals surface area contributed by atoms with Crippen molar-refractivity contribution >= 4 is 0 Å². The summed E-state index contributed by atoms with van der Waals surface area (Å²) in [4.78, 5) is 2.61. The van der Waals surface area contributed by atoms with Gasteiger partial charge >= 0.3 is 0 Å². The highest BCUT2D eigenvalue weighted by Crippen LogP contribution is 2.20. The maximum atomic E-state index is 8.82. The van der Waals surface area contributed by atoms with Crippen LogP contribution in [0.25, 0.3) is 0 Å². The zero-order valence-electron chi connectivity index (χ0n) is 13.3. The standard InChI is InChI=1S/C18H27N3/c1-3-10-21-11-4-5-18(14-21)15(2)20-13-17-8-6-16(12-19)7-9-17/h6-9,15,18,20H,3-5,10-11,13-14H2,1-2H3. The van der Waals surface area contributed by atoms with Crippen LogP contribution < -0.4 is 5.32 Å². The SMILES string of the molecule is CCCN1CCCC(C(C)NCc2ccc(C#N)cc2)C1. The molecule has 1 aliphatic rings. The van der Waals surface area contributed by atoms with Gasteiger partial charge in [-0.3, -0.25) is 0 Å². The Morgan fingerprint density at radius 2 is 2.14 bits per heavy atom. The molecule has 0 spiro atoms. The second kappa shape index (κ2) is 8.17. The summed E-state index contributed by atoms with van der Waals surface area (Å²) in [6.45, 7) is 9.19. The van der Waals surface area contributed by atoms with Crippen molar-refractivity contribution in [2.75, 3.05) is 19.6 Å². The minimum Gasteiger partial charge on any atom is -0.310 e. The van der Waals surface area contributed by atoms with Gasteiger partial charge in [-0.15, -0.1) is 0 Å². The van der Waals surface area contributed by atoms with E-state index >= 15 is 0 Å². The molecule has 2 atom stereocenters. The lowest BCUT2D eigenvalue weighted by atomic mass is 9.91. The van der Waals surface area contributed by atoms with Gasteiger partial charge in [0.15, 0.2) is 0 Å². The van der Waals surface area contributed by atoms with E-state index in [4.69, 9.17) is 5.26 Å². The smallest absolute Gasteiger partial charge is 0.0991 e. The van der Waals surface area contributed by atoms with Crippen LogP contribution in [0, 0.1) is 17.2 Å². The van der Waals surface area contributed by atoms with E-state index in [2.05, 4.69) is 30.1 Å². The molecule has 0 amide bonds. The molecule has 1 saturated heterocycles. The molecule has 0 aromatic heterocycles. The quantitative estimate of drug-likeness (QED) is 0.872. The Bertz CT molecular complexity index is 458. The molecule has 1 N–H and O–H groups in total. The van der Waals surface area contributed by atoms with E-state index in [9.17, 15) is 0 Å². The third-order valence-electron chi connectivity index (χ3n) is 4.50. The highest BCUT2D eigenvalue weighted by molar-refractivity contribution is 5.31. The summed E-state index contributed by atoms with van der Waals surface area (Å²) in [5, 5.41) is 12.5. The molecule has 0 bridgehead atoms. The van der Waals surface area contributed by atoms with Crippen molar-refractivity contribution < 1.29 is 0 Å². The van der Waals surface area contributed by atoms with Gasteiger partial charge in [0, 0.05) is 19.1 Å². The highest BCUT2D eigenvalue weighted by atomic mass is 15.1. The molecule has 1 heterocycles. The number of nitrogens with one attached hydrogen (secondary N) is 1. The third-order valence-corrected chi connectivity index (χ3v) is 4.50. The first-order chi connectivity index (χ1) is 10.2. The van der Waals surface area contributed by atoms with E-state index in [1.807, 2.05) is 24.3 Å². The predicted octanol–water partition coefficient (Wildman–Crippen LogP) is 3.16. The lowest BCUT2D eigenvalue weighted by Crippen LogP contribution is -2.44. The first kappa shape index (κ1) is 16.0. The van der Waals surface area contributed by atoms with E-state index in [-0.39, 0.29) is 0 Å². The fourth-order valence-corrected chi connectivity index (χ4v) is 3.16. The Kier molecular flexibility index (Phi) is 6.22. The van der Waals surface area contributed by atoms with Gasteiger partial charge in [0.2, 0.25) is 0 Å². The summed E-state index contributed by atoms with van der Waals surface area (Å²) in [5.74, 6) is 0.753. The fraction of sp³-hybridized carbons (Fsp3) is 0.611. The van der Waals surface area contributed by atoms with Gasteiger partial charge in [-0.25, -0.2) is 0 Å². The van der Waals surface area contributed by atoms with E-state index in [0.29, 0.717) is 6.04 Å². The summed E-state index contributed by atoms with van der Waals surface area (Å²) in [5.41, 5.74) is 1.98. The number of likely N-dealkylation sites (tertiary alicyclic amines) is 1. The minimum atomic E-state index is 0.542. The van der Waals surface area contributed by atoms with Crippen LogP contribution in [0.15, 0.2) is 24.3 Å². The van der Waals surface area contributed by atoms with Gasteiger partial charge in [-0.05, 0) is 62.9 Å². The average molecular weight is 285 g/mol. The Morgan fingerprint density at radius 3 is 2.81 bits per heavy atom. The molecule has 0 saturated carbocycles. The van der Waals surface area contributed by atoms with E-state index in [0.717, 1.165) is 18.0 Å². The summed E-state index contributed by atoms with van der Waals surface area (Å²) in [6, 6.07) is 10.6. The fourth-order valence-electron chi connectivity index (χ4n) is 3.16. The van der Waals surface area contributed by atoms with Crippen molar-refractivity contribution in [2.24, 2.45) is 5.92 Å². The number of hydrogen-bond acceptors (Lipinski definition) is 3. The first-order valence-corrected chi connectivity index (χ1v) is 8.17. The van der Waals surface area contributed by atoms with E-state index in [1.165, 1.54) is 44.5 Å². The topological polar surface area (TPSA) is 39.1 Å². The van der Waals surface area contributed by atoms with Crippen LogP contribution >= 0.6 is 0 Å². The summed E-state index contributed by atoms with van der Waals surface area (Å²) < 4.78 is 0. The summed E-state index contributed by atoms with van der Waals surface area (Å²) in [6.07, 6.45) is 3.91. The highest BCUT2D eigenvalue weighted by Gasteiger charge is 2.23. The molecule has 1 aliphatic heterocycles. The van der Waals surface area contributed by atoms with Crippen molar-refractivity contribution in [1.29, 1.82) is 5.26 Å². The second-order valence-electron chi connectivity index (χ2n) is 6.18. The monoisotopic (exact) mass is 285 g/mol. The normalized spacial score (nSPS) is 20.9. The van der Waals surface area contributed by atoms with Crippen LogP contribution in [0.1, 0.15) is 44.2 Å². The molecule has 2 unspecified atom stereocenters. The number of benzene rings is 1. The predicted molar refractivity (Wildman–Crippen MR) is 86.9 cm³/mol. The van der Waals surface area contributed by atoms with Crippen LogP contribution in [0.5, 0.6) is 0 Å². The minimum absolute atomic E-state index is 0.542. The van der Waals surface area contributed by atoms with Gasteiger partial charge in [-0.1, -0.05) is 19.1 Å². The summed E-state index contributed by atoms with van der Waals surface area (Å²) in [7, 11) is 0. The zero-order valence-corrected chi connectivity index (χ0v) is 13.3. The Morgan fingerprint density at radius 1 is 1.38 bits per heavy atom. The first-order valence-electron chi connectivity index (χ1n) is 8.17. The summed E-state index contributed by atoms with van der Waals surface area (Å²) >= 11 is 0. The largest absolute Gasteiger partial charge is 0.310 e. The molecule has 3 nitrogen and oxygen atoms in total. The van der Waals surface area contributed by atoms with Crippen LogP contribution in [0.2, 0.25) is 0 Å². The van der Waals surface area contributed by atoms with Gasteiger partial charge in [-0.2, -0.15) is 5.26 Å². The maximum Gasteiger partial charge on any atom is 0.0991 e. The molecule has 3 heteroatoms. The van der Waals surface area contributed by atoms with Crippen molar-refractivity contribution in [3.05, 3.63) is 35.4 Å². The van der Waals surface area contributed by atoms with E-state index < -0.39 is 0 Å². The third kappa shape index (κ3) is 4.84. The lowest BCUT2D eigenvalue weighted by Gasteiger charge is -2.36. The molecule has 1 aromatic rings. The number of rotatable bonds is 6. The van der Waals surface area contributed by atoms with Crippen LogP contribution in [0.3, 0.4) is 0 Å². The Hall–Kier alpha value is -1.37. The molecule has 1 fully saturated rings. The van der Waals surface area contributed by atoms with Crippen molar-refractivity contribution in [3.8, 4) is 6.07 Å². The molecular formula is C18H27N3. The van der Waals surface area contributed by atoms with Crippen LogP contribution in [-0.2, 0) is 6.54 Å². The molecular weight excluding hydrogens is 258 g/mol. The second-order valence-corrected chi connectivity index (χ2v) is 6.18. The maximum absolute atomic E-state index is 8.82. The molecule has 2 rings (SSSR count). The molecule has 1 aromatic carbocycles.